The number of carboxylic acid groups (broad SMARTS) is 1. The summed E-state index contributed by atoms with van der Waals surface area (Å²) in [6.45, 7) is 6.24. The fourth-order valence-electron chi connectivity index (χ4n) is 3.02. The van der Waals surface area contributed by atoms with E-state index in [0.717, 1.165) is 28.1 Å². The molecule has 0 amide bonds. The van der Waals surface area contributed by atoms with Gasteiger partial charge >= 0.3 is 5.97 Å². The van der Waals surface area contributed by atoms with Crippen molar-refractivity contribution in [2.75, 3.05) is 6.61 Å². The first-order chi connectivity index (χ1) is 14.0. The number of aromatic nitrogens is 1. The lowest BCUT2D eigenvalue weighted by Gasteiger charge is -2.15. The number of rotatable bonds is 9. The molecule has 1 heterocycles. The highest BCUT2D eigenvalue weighted by atomic mass is 16.5. The summed E-state index contributed by atoms with van der Waals surface area (Å²) < 4.78 is 16.9. The van der Waals surface area contributed by atoms with Gasteiger partial charge in [-0.15, -0.1) is 0 Å². The van der Waals surface area contributed by atoms with Crippen LogP contribution in [0.3, 0.4) is 0 Å². The molecule has 0 aliphatic carbocycles. The fourth-order valence-corrected chi connectivity index (χ4v) is 3.02. The molecule has 29 heavy (non-hydrogen) atoms. The second-order valence-electron chi connectivity index (χ2n) is 6.75. The summed E-state index contributed by atoms with van der Waals surface area (Å²) in [7, 11) is 0. The molecule has 0 spiro atoms. The van der Waals surface area contributed by atoms with Crippen molar-refractivity contribution in [1.82, 2.24) is 4.98 Å². The number of nitrogens with zero attached hydrogens (tertiary/aromatic N) is 1. The molecule has 0 bridgehead atoms. The molecule has 1 aromatic heterocycles. The highest BCUT2D eigenvalue weighted by molar-refractivity contribution is 5.72. The molecular weight excluding hydrogens is 370 g/mol. The van der Waals surface area contributed by atoms with Gasteiger partial charge < -0.3 is 19.0 Å². The minimum Gasteiger partial charge on any atom is -0.487 e. The standard InChI is InChI=1S/C23H25NO5/c1-4-27-21(23(25)26)13-18-10-11-19(12-15(18)2)28-14-20-16(3)29-22(24-20)17-8-6-5-7-9-17/h5-12,21H,4,13-14H2,1-3H3,(H,25,26)/t21-/m0/s1. The monoisotopic (exact) mass is 395 g/mol. The van der Waals surface area contributed by atoms with E-state index in [0.29, 0.717) is 24.7 Å². The molecule has 152 valence electrons. The minimum absolute atomic E-state index is 0.289. The summed E-state index contributed by atoms with van der Waals surface area (Å²) in [6, 6.07) is 15.3. The first-order valence-corrected chi connectivity index (χ1v) is 9.56. The Morgan fingerprint density at radius 2 is 1.93 bits per heavy atom. The highest BCUT2D eigenvalue weighted by Gasteiger charge is 2.19. The maximum absolute atomic E-state index is 11.3. The van der Waals surface area contributed by atoms with E-state index in [1.807, 2.05) is 62.4 Å². The largest absolute Gasteiger partial charge is 0.487 e. The van der Waals surface area contributed by atoms with Crippen molar-refractivity contribution in [3.05, 3.63) is 71.1 Å². The van der Waals surface area contributed by atoms with Crippen molar-refractivity contribution >= 4 is 5.97 Å². The third-order valence-corrected chi connectivity index (χ3v) is 4.65. The van der Waals surface area contributed by atoms with Crippen molar-refractivity contribution in [2.45, 2.75) is 39.9 Å². The maximum atomic E-state index is 11.3. The molecule has 0 radical (unpaired) electrons. The Morgan fingerprint density at radius 1 is 1.17 bits per heavy atom. The van der Waals surface area contributed by atoms with Gasteiger partial charge in [0.15, 0.2) is 6.10 Å². The molecule has 1 atom stereocenters. The van der Waals surface area contributed by atoms with Crippen LogP contribution in [-0.4, -0.2) is 28.8 Å². The van der Waals surface area contributed by atoms with Crippen molar-refractivity contribution < 1.29 is 23.8 Å². The molecule has 0 aliphatic rings. The molecule has 3 rings (SSSR count). The number of benzene rings is 2. The van der Waals surface area contributed by atoms with Crippen LogP contribution in [0.4, 0.5) is 0 Å². The molecule has 0 fully saturated rings. The molecule has 1 N–H and O–H groups in total. The van der Waals surface area contributed by atoms with Crippen LogP contribution in [0.1, 0.15) is 29.5 Å². The van der Waals surface area contributed by atoms with E-state index in [2.05, 4.69) is 4.98 Å². The average Bonchev–Trinajstić information content (AvgIpc) is 3.09. The van der Waals surface area contributed by atoms with Crippen LogP contribution < -0.4 is 4.74 Å². The Balaban J connectivity index is 1.67. The third kappa shape index (κ3) is 5.23. The zero-order valence-electron chi connectivity index (χ0n) is 16.8. The number of aliphatic carboxylic acids is 1. The lowest BCUT2D eigenvalue weighted by molar-refractivity contribution is -0.149. The summed E-state index contributed by atoms with van der Waals surface area (Å²) in [6.07, 6.45) is -0.530. The van der Waals surface area contributed by atoms with Crippen molar-refractivity contribution in [3.8, 4) is 17.2 Å². The van der Waals surface area contributed by atoms with Gasteiger partial charge in [0.1, 0.15) is 23.8 Å². The summed E-state index contributed by atoms with van der Waals surface area (Å²) in [5.41, 5.74) is 3.54. The lowest BCUT2D eigenvalue weighted by Crippen LogP contribution is -2.26. The van der Waals surface area contributed by atoms with Crippen molar-refractivity contribution in [3.63, 3.8) is 0 Å². The van der Waals surface area contributed by atoms with Gasteiger partial charge in [0.25, 0.3) is 0 Å². The summed E-state index contributed by atoms with van der Waals surface area (Å²) >= 11 is 0. The van der Waals surface area contributed by atoms with Crippen LogP contribution in [0.15, 0.2) is 52.9 Å². The van der Waals surface area contributed by atoms with Gasteiger partial charge in [0, 0.05) is 18.6 Å². The van der Waals surface area contributed by atoms with Gasteiger partial charge in [-0.3, -0.25) is 0 Å². The van der Waals surface area contributed by atoms with Crippen LogP contribution in [0, 0.1) is 13.8 Å². The maximum Gasteiger partial charge on any atom is 0.333 e. The Kier molecular flexibility index (Phi) is 6.67. The number of aryl methyl sites for hydroxylation is 2. The van der Waals surface area contributed by atoms with E-state index < -0.39 is 12.1 Å². The molecule has 0 saturated carbocycles. The van der Waals surface area contributed by atoms with Crippen molar-refractivity contribution in [2.24, 2.45) is 0 Å². The van der Waals surface area contributed by atoms with Gasteiger partial charge in [0.2, 0.25) is 5.89 Å². The quantitative estimate of drug-likeness (QED) is 0.572. The number of hydrogen-bond donors (Lipinski definition) is 1. The Hall–Kier alpha value is -3.12. The molecule has 6 heteroatoms. The van der Waals surface area contributed by atoms with Gasteiger partial charge in [-0.05, 0) is 56.2 Å². The van der Waals surface area contributed by atoms with Crippen LogP contribution >= 0.6 is 0 Å². The molecule has 0 aliphatic heterocycles. The Labute approximate surface area is 170 Å². The van der Waals surface area contributed by atoms with Crippen LogP contribution in [0.5, 0.6) is 5.75 Å². The van der Waals surface area contributed by atoms with E-state index in [1.54, 1.807) is 6.92 Å². The summed E-state index contributed by atoms with van der Waals surface area (Å²) in [5.74, 6) is 1.03. The second kappa shape index (κ2) is 9.39. The molecular formula is C23H25NO5. The number of hydrogen-bond acceptors (Lipinski definition) is 5. The fraction of sp³-hybridized carbons (Fsp3) is 0.304. The van der Waals surface area contributed by atoms with Gasteiger partial charge in [-0.2, -0.15) is 0 Å². The molecule has 6 nitrogen and oxygen atoms in total. The average molecular weight is 395 g/mol. The molecule has 3 aromatic rings. The van der Waals surface area contributed by atoms with E-state index >= 15 is 0 Å². The van der Waals surface area contributed by atoms with E-state index in [9.17, 15) is 9.90 Å². The zero-order valence-corrected chi connectivity index (χ0v) is 16.8. The number of ether oxygens (including phenoxy) is 2. The van der Waals surface area contributed by atoms with Gasteiger partial charge in [0.05, 0.1) is 0 Å². The number of carboxylic acids is 1. The second-order valence-corrected chi connectivity index (χ2v) is 6.75. The topological polar surface area (TPSA) is 81.8 Å². The van der Waals surface area contributed by atoms with Crippen LogP contribution in [-0.2, 0) is 22.6 Å². The predicted octanol–water partition coefficient (Wildman–Crippen LogP) is 4.57. The molecule has 2 aromatic carbocycles. The first-order valence-electron chi connectivity index (χ1n) is 9.56. The number of oxazole rings is 1. The van der Waals surface area contributed by atoms with E-state index in [-0.39, 0.29) is 6.61 Å². The predicted molar refractivity (Wildman–Crippen MR) is 109 cm³/mol. The van der Waals surface area contributed by atoms with Gasteiger partial charge in [-0.1, -0.05) is 24.3 Å². The Morgan fingerprint density at radius 3 is 2.59 bits per heavy atom. The van der Waals surface area contributed by atoms with E-state index in [1.165, 1.54) is 0 Å². The van der Waals surface area contributed by atoms with Crippen LogP contribution in [0.25, 0.3) is 11.5 Å². The highest BCUT2D eigenvalue weighted by Crippen LogP contribution is 2.24. The zero-order chi connectivity index (χ0) is 20.8. The normalized spacial score (nSPS) is 12.0. The first kappa shape index (κ1) is 20.6. The molecule has 0 saturated heterocycles. The third-order valence-electron chi connectivity index (χ3n) is 4.65. The summed E-state index contributed by atoms with van der Waals surface area (Å²) in [5, 5.41) is 9.27. The Bertz CT molecular complexity index is 965. The molecule has 0 unspecified atom stereocenters. The van der Waals surface area contributed by atoms with Gasteiger partial charge in [-0.25, -0.2) is 9.78 Å². The minimum atomic E-state index is -0.956. The van der Waals surface area contributed by atoms with Crippen molar-refractivity contribution in [1.29, 1.82) is 0 Å². The smallest absolute Gasteiger partial charge is 0.333 e. The van der Waals surface area contributed by atoms with Crippen LogP contribution in [0.2, 0.25) is 0 Å². The summed E-state index contributed by atoms with van der Waals surface area (Å²) in [4.78, 5) is 15.8. The SMILES string of the molecule is CCO[C@@H](Cc1ccc(OCc2nc(-c3ccccc3)oc2C)cc1C)C(=O)O. The van der Waals surface area contributed by atoms with E-state index in [4.69, 9.17) is 13.9 Å². The lowest BCUT2D eigenvalue weighted by atomic mass is 10.0. The number of carbonyl (C=O) groups is 1.